The fraction of sp³-hybridized carbons (Fsp3) is 0.394. The highest BCUT2D eigenvalue weighted by Crippen LogP contribution is 2.46. The molecule has 46 heavy (non-hydrogen) atoms. The highest BCUT2D eigenvalue weighted by Gasteiger charge is 2.52. The third-order valence-corrected chi connectivity index (χ3v) is 10.5. The van der Waals surface area contributed by atoms with Crippen LogP contribution in [0, 0.1) is 28.4 Å². The quantitative estimate of drug-likeness (QED) is 0.333. The molecule has 2 aromatic carbocycles. The van der Waals surface area contributed by atoms with Crippen molar-refractivity contribution >= 4 is 44.7 Å². The van der Waals surface area contributed by atoms with Crippen molar-refractivity contribution in [3.8, 4) is 17.3 Å². The minimum Gasteiger partial charge on any atom is -0.386 e. The van der Waals surface area contributed by atoms with Crippen molar-refractivity contribution in [1.82, 2.24) is 19.8 Å². The molecule has 236 valence electrons. The van der Waals surface area contributed by atoms with Gasteiger partial charge < -0.3 is 24.5 Å². The Morgan fingerprint density at radius 2 is 1.85 bits per heavy atom. The van der Waals surface area contributed by atoms with Crippen LogP contribution in [0.5, 0.6) is 0 Å². The Kier molecular flexibility index (Phi) is 6.60. The first-order valence-corrected chi connectivity index (χ1v) is 15.9. The first-order valence-electron chi connectivity index (χ1n) is 15.1. The monoisotopic (exact) mass is 643 g/mol. The Balaban J connectivity index is 1.06. The van der Waals surface area contributed by atoms with Crippen LogP contribution in [-0.4, -0.2) is 89.2 Å². The van der Waals surface area contributed by atoms with Crippen LogP contribution in [0.3, 0.4) is 0 Å². The van der Waals surface area contributed by atoms with Crippen LogP contribution in [0.25, 0.3) is 22.2 Å². The predicted molar refractivity (Wildman–Crippen MR) is 169 cm³/mol. The van der Waals surface area contributed by atoms with Crippen LogP contribution in [0.15, 0.2) is 36.4 Å². The topological polar surface area (TPSA) is 109 Å². The van der Waals surface area contributed by atoms with Crippen molar-refractivity contribution in [2.45, 2.75) is 25.7 Å². The number of pyridine rings is 1. The first-order chi connectivity index (χ1) is 22.0. The van der Waals surface area contributed by atoms with E-state index in [0.717, 1.165) is 43.1 Å². The van der Waals surface area contributed by atoms with Gasteiger partial charge in [0.1, 0.15) is 28.0 Å². The number of thiazole rings is 1. The van der Waals surface area contributed by atoms with E-state index < -0.39 is 11.4 Å². The summed E-state index contributed by atoms with van der Waals surface area (Å²) in [6.45, 7) is 6.57. The van der Waals surface area contributed by atoms with Crippen LogP contribution in [0.4, 0.5) is 25.3 Å². The Morgan fingerprint density at radius 1 is 1.11 bits per heavy atom. The van der Waals surface area contributed by atoms with Crippen molar-refractivity contribution < 1.29 is 23.4 Å². The lowest BCUT2D eigenvalue weighted by atomic mass is 9.72. The van der Waals surface area contributed by atoms with E-state index >= 15 is 4.39 Å². The van der Waals surface area contributed by atoms with E-state index in [9.17, 15) is 19.6 Å². The lowest BCUT2D eigenvalue weighted by molar-refractivity contribution is -0.156. The van der Waals surface area contributed by atoms with Gasteiger partial charge in [0, 0.05) is 60.8 Å². The number of hydrogen-bond donors (Lipinski definition) is 1. The molecular formula is C33H31F2N7O3S. The third-order valence-electron chi connectivity index (χ3n) is 9.44. The average Bonchev–Trinajstić information content (AvgIpc) is 3.62. The number of aliphatic hydroxyl groups is 1. The second-order valence-electron chi connectivity index (χ2n) is 13.3. The number of hydrogen-bond acceptors (Lipinski definition) is 10. The first kappa shape index (κ1) is 29.2. The van der Waals surface area contributed by atoms with Crippen LogP contribution in [0.1, 0.15) is 23.1 Å². The fourth-order valence-corrected chi connectivity index (χ4v) is 8.15. The minimum absolute atomic E-state index is 0.0433. The molecule has 13 heteroatoms. The van der Waals surface area contributed by atoms with Crippen molar-refractivity contribution in [2.24, 2.45) is 5.41 Å². The number of nitriles is 1. The zero-order valence-electron chi connectivity index (χ0n) is 25.4. The van der Waals surface area contributed by atoms with E-state index in [-0.39, 0.29) is 29.3 Å². The number of anilines is 3. The number of aromatic nitrogens is 2. The van der Waals surface area contributed by atoms with E-state index in [1.165, 1.54) is 29.5 Å². The van der Waals surface area contributed by atoms with Crippen LogP contribution in [0.2, 0.25) is 0 Å². The summed E-state index contributed by atoms with van der Waals surface area (Å²) < 4.78 is 35.2. The standard InChI is InChI=1S/C33H31F2N7O3S/c1-32(44)13-42(14-32)27(43)10-40-15-33(16-40)17-41(18-33)21-7-22-29(24(35)8-21)37-25-12-45-11-23(25)30(22)39(2)31-38-28(26(9-36)46-31)19-3-5-20(34)6-4-19/h3-8,44H,10-18H2,1-2H3. The highest BCUT2D eigenvalue weighted by atomic mass is 32.1. The predicted octanol–water partition coefficient (Wildman–Crippen LogP) is 4.02. The summed E-state index contributed by atoms with van der Waals surface area (Å²) in [6, 6.07) is 11.6. The largest absolute Gasteiger partial charge is 0.386 e. The molecular weight excluding hydrogens is 612 g/mol. The van der Waals surface area contributed by atoms with Gasteiger partial charge in [-0.05, 0) is 43.3 Å². The Hall–Kier alpha value is -4.22. The van der Waals surface area contributed by atoms with Gasteiger partial charge in [-0.1, -0.05) is 11.3 Å². The number of carbonyl (C=O) groups excluding carboxylic acids is 1. The van der Waals surface area contributed by atoms with E-state index in [1.807, 2.05) is 18.0 Å². The number of nitrogens with zero attached hydrogens (tertiary/aromatic N) is 7. The zero-order chi connectivity index (χ0) is 32.0. The normalized spacial score (nSPS) is 19.4. The molecule has 1 amide bonds. The second-order valence-corrected chi connectivity index (χ2v) is 14.3. The summed E-state index contributed by atoms with van der Waals surface area (Å²) in [6.07, 6.45) is 0. The third kappa shape index (κ3) is 4.79. The summed E-state index contributed by atoms with van der Waals surface area (Å²) in [5.74, 6) is -0.753. The lowest BCUT2D eigenvalue weighted by Gasteiger charge is -2.61. The summed E-state index contributed by atoms with van der Waals surface area (Å²) in [5.41, 5.74) is 3.65. The minimum atomic E-state index is -0.778. The molecule has 8 rings (SSSR count). The number of amides is 1. The van der Waals surface area contributed by atoms with Gasteiger partial charge in [0.15, 0.2) is 10.9 Å². The van der Waals surface area contributed by atoms with E-state index in [1.54, 1.807) is 24.0 Å². The maximum Gasteiger partial charge on any atom is 0.236 e. The fourth-order valence-electron chi connectivity index (χ4n) is 7.30. The van der Waals surface area contributed by atoms with Gasteiger partial charge in [0.05, 0.1) is 49.8 Å². The molecule has 4 aromatic rings. The van der Waals surface area contributed by atoms with Gasteiger partial charge >= 0.3 is 0 Å². The summed E-state index contributed by atoms with van der Waals surface area (Å²) in [5, 5.41) is 21.0. The van der Waals surface area contributed by atoms with Gasteiger partial charge in [-0.15, -0.1) is 0 Å². The smallest absolute Gasteiger partial charge is 0.236 e. The summed E-state index contributed by atoms with van der Waals surface area (Å²) >= 11 is 1.22. The second kappa shape index (κ2) is 10.4. The molecule has 4 aliphatic rings. The molecule has 3 saturated heterocycles. The molecule has 1 spiro atoms. The molecule has 0 aliphatic carbocycles. The van der Waals surface area contributed by atoms with Crippen LogP contribution >= 0.6 is 11.3 Å². The van der Waals surface area contributed by atoms with Gasteiger partial charge in [0.25, 0.3) is 0 Å². The molecule has 0 atom stereocenters. The molecule has 2 aromatic heterocycles. The Labute approximate surface area is 268 Å². The lowest BCUT2D eigenvalue weighted by Crippen LogP contribution is -2.73. The molecule has 0 saturated carbocycles. The molecule has 10 nitrogen and oxygen atoms in total. The van der Waals surface area contributed by atoms with Crippen LogP contribution < -0.4 is 9.80 Å². The Bertz CT molecular complexity index is 1940. The number of carbonyl (C=O) groups is 1. The van der Waals surface area contributed by atoms with Gasteiger partial charge in [-0.2, -0.15) is 5.26 Å². The van der Waals surface area contributed by atoms with E-state index in [2.05, 4.69) is 20.9 Å². The SMILES string of the molecule is CN(c1nc(-c2ccc(F)cc2)c(C#N)s1)c1c2c(nc3c(F)cc(N4CC5(CN(CC(=O)N6CC(C)(O)C6)C5)C4)cc13)COC2. The van der Waals surface area contributed by atoms with Gasteiger partial charge in [0.2, 0.25) is 5.91 Å². The van der Waals surface area contributed by atoms with Gasteiger partial charge in [-0.25, -0.2) is 18.7 Å². The molecule has 0 bridgehead atoms. The molecule has 3 fully saturated rings. The summed E-state index contributed by atoms with van der Waals surface area (Å²) in [4.78, 5) is 30.2. The number of fused-ring (bicyclic) bond motifs is 2. The van der Waals surface area contributed by atoms with Crippen molar-refractivity contribution in [2.75, 3.05) is 62.7 Å². The van der Waals surface area contributed by atoms with E-state index in [4.69, 9.17) is 9.72 Å². The number of likely N-dealkylation sites (tertiary alicyclic amines) is 2. The molecule has 0 unspecified atom stereocenters. The average molecular weight is 644 g/mol. The molecule has 6 heterocycles. The van der Waals surface area contributed by atoms with E-state index in [0.29, 0.717) is 58.6 Å². The number of ether oxygens (including phenoxy) is 1. The summed E-state index contributed by atoms with van der Waals surface area (Å²) in [7, 11) is 1.84. The number of rotatable bonds is 6. The maximum atomic E-state index is 15.8. The number of β-amino-alcohol motifs (C(OH)–C–C–N with tert-alkyl or cyclic N) is 1. The van der Waals surface area contributed by atoms with Crippen molar-refractivity contribution in [3.05, 3.63) is 64.2 Å². The highest BCUT2D eigenvalue weighted by molar-refractivity contribution is 7.16. The molecule has 4 aliphatic heterocycles. The maximum absolute atomic E-state index is 15.8. The van der Waals surface area contributed by atoms with Crippen molar-refractivity contribution in [3.63, 3.8) is 0 Å². The molecule has 1 N–H and O–H groups in total. The van der Waals surface area contributed by atoms with Crippen molar-refractivity contribution in [1.29, 1.82) is 5.26 Å². The molecule has 0 radical (unpaired) electrons. The Morgan fingerprint density at radius 3 is 2.54 bits per heavy atom. The van der Waals surface area contributed by atoms with Gasteiger partial charge in [-0.3, -0.25) is 9.69 Å². The zero-order valence-corrected chi connectivity index (χ0v) is 26.2. The number of benzene rings is 2. The number of halogens is 2. The van der Waals surface area contributed by atoms with Crippen LogP contribution in [-0.2, 0) is 22.7 Å².